The molecule has 1 N–H and O–H groups in total. The maximum absolute atomic E-state index is 12.5. The van der Waals surface area contributed by atoms with E-state index in [-0.39, 0.29) is 11.9 Å². The van der Waals surface area contributed by atoms with Crippen LogP contribution in [-0.4, -0.2) is 26.5 Å². The number of rotatable bonds is 4. The molecule has 0 aliphatic rings. The number of hydrogen-bond donors (Lipinski definition) is 1. The summed E-state index contributed by atoms with van der Waals surface area (Å²) in [7, 11) is 0. The van der Waals surface area contributed by atoms with Gasteiger partial charge >= 0.3 is 5.97 Å². The maximum atomic E-state index is 12.5. The van der Waals surface area contributed by atoms with Gasteiger partial charge in [0.2, 0.25) is 4.96 Å². The number of aromatic nitrogens is 3. The Morgan fingerprint density at radius 2 is 1.90 bits per heavy atom. The smallest absolute Gasteiger partial charge is 0.308 e. The fraction of sp³-hybridized carbons (Fsp3) is 0.0526. The second-order valence-electron chi connectivity index (χ2n) is 5.95. The van der Waals surface area contributed by atoms with Gasteiger partial charge < -0.3 is 4.74 Å². The van der Waals surface area contributed by atoms with Gasteiger partial charge in [0.1, 0.15) is 5.75 Å². The van der Waals surface area contributed by atoms with Crippen molar-refractivity contribution in [3.8, 4) is 17.0 Å². The molecule has 7 nitrogen and oxygen atoms in total. The normalized spacial score (nSPS) is 10.9. The summed E-state index contributed by atoms with van der Waals surface area (Å²) in [5.41, 5.74) is 1.87. The third-order valence-electron chi connectivity index (χ3n) is 3.89. The van der Waals surface area contributed by atoms with E-state index in [9.17, 15) is 9.59 Å². The zero-order valence-electron chi connectivity index (χ0n) is 14.8. The minimum absolute atomic E-state index is 0.164. The van der Waals surface area contributed by atoms with Gasteiger partial charge in [0.15, 0.2) is 0 Å². The third-order valence-corrected chi connectivity index (χ3v) is 5.26. The molecular weight excluding hydrogens is 435 g/mol. The molecule has 0 aliphatic heterocycles. The summed E-state index contributed by atoms with van der Waals surface area (Å²) in [5, 5.41) is 9.93. The molecule has 0 fully saturated rings. The topological polar surface area (TPSA) is 85.6 Å². The first kappa shape index (κ1) is 19.4. The Balaban J connectivity index is 1.57. The van der Waals surface area contributed by atoms with Crippen LogP contribution in [0.4, 0.5) is 5.95 Å². The SMILES string of the molecule is CC(=O)Oc1ccc(C(=O)Nc2nc3scc(-c4ccc(Cl)cc4Cl)n3n2)cc1. The van der Waals surface area contributed by atoms with Crippen molar-refractivity contribution >= 4 is 57.3 Å². The van der Waals surface area contributed by atoms with Crippen LogP contribution < -0.4 is 10.1 Å². The molecule has 0 saturated heterocycles. The molecule has 146 valence electrons. The Bertz CT molecular complexity index is 1230. The van der Waals surface area contributed by atoms with Crippen molar-refractivity contribution < 1.29 is 14.3 Å². The molecule has 4 rings (SSSR count). The van der Waals surface area contributed by atoms with Crippen LogP contribution in [0.15, 0.2) is 47.8 Å². The van der Waals surface area contributed by atoms with Crippen LogP contribution in [0.1, 0.15) is 17.3 Å². The highest BCUT2D eigenvalue weighted by Gasteiger charge is 2.16. The molecule has 2 aromatic carbocycles. The summed E-state index contributed by atoms with van der Waals surface area (Å²) in [5.74, 6) is -0.291. The Morgan fingerprint density at radius 1 is 1.14 bits per heavy atom. The minimum Gasteiger partial charge on any atom is -0.427 e. The van der Waals surface area contributed by atoms with Gasteiger partial charge in [-0.3, -0.25) is 14.9 Å². The number of thiazole rings is 1. The van der Waals surface area contributed by atoms with Crippen molar-refractivity contribution in [1.29, 1.82) is 0 Å². The van der Waals surface area contributed by atoms with Gasteiger partial charge in [-0.1, -0.05) is 23.2 Å². The minimum atomic E-state index is -0.430. The van der Waals surface area contributed by atoms with E-state index in [2.05, 4.69) is 15.4 Å². The van der Waals surface area contributed by atoms with E-state index in [4.69, 9.17) is 27.9 Å². The fourth-order valence-electron chi connectivity index (χ4n) is 2.63. The van der Waals surface area contributed by atoms with Gasteiger partial charge in [-0.05, 0) is 42.5 Å². The van der Waals surface area contributed by atoms with Crippen LogP contribution in [-0.2, 0) is 4.79 Å². The van der Waals surface area contributed by atoms with E-state index >= 15 is 0 Å². The first-order chi connectivity index (χ1) is 13.9. The van der Waals surface area contributed by atoms with Gasteiger partial charge in [0.25, 0.3) is 11.9 Å². The lowest BCUT2D eigenvalue weighted by Gasteiger charge is -2.04. The predicted octanol–water partition coefficient (Wildman–Crippen LogP) is 4.94. The number of carbonyl (C=O) groups excluding carboxylic acids is 2. The van der Waals surface area contributed by atoms with E-state index in [1.165, 1.54) is 30.4 Å². The fourth-order valence-corrected chi connectivity index (χ4v) is 3.96. The Morgan fingerprint density at radius 3 is 2.59 bits per heavy atom. The summed E-state index contributed by atoms with van der Waals surface area (Å²) < 4.78 is 6.56. The first-order valence-electron chi connectivity index (χ1n) is 8.30. The molecule has 0 unspecified atom stereocenters. The van der Waals surface area contributed by atoms with Crippen molar-refractivity contribution in [3.05, 3.63) is 63.5 Å². The van der Waals surface area contributed by atoms with Crippen LogP contribution >= 0.6 is 34.5 Å². The van der Waals surface area contributed by atoms with Crippen molar-refractivity contribution in [2.75, 3.05) is 5.32 Å². The predicted molar refractivity (Wildman–Crippen MR) is 112 cm³/mol. The van der Waals surface area contributed by atoms with Crippen LogP contribution in [0.3, 0.4) is 0 Å². The van der Waals surface area contributed by atoms with Gasteiger partial charge in [0.05, 0.1) is 10.7 Å². The van der Waals surface area contributed by atoms with Crippen molar-refractivity contribution in [3.63, 3.8) is 0 Å². The third kappa shape index (κ3) is 4.09. The Hall–Kier alpha value is -2.94. The molecule has 29 heavy (non-hydrogen) atoms. The van der Waals surface area contributed by atoms with Crippen LogP contribution in [0.5, 0.6) is 5.75 Å². The monoisotopic (exact) mass is 446 g/mol. The zero-order chi connectivity index (χ0) is 20.5. The molecule has 0 aliphatic carbocycles. The largest absolute Gasteiger partial charge is 0.427 e. The van der Waals surface area contributed by atoms with E-state index in [0.29, 0.717) is 26.3 Å². The number of halogens is 2. The average molecular weight is 447 g/mol. The quantitative estimate of drug-likeness (QED) is 0.354. The Kier molecular flexibility index (Phi) is 5.23. The molecule has 2 aromatic heterocycles. The summed E-state index contributed by atoms with van der Waals surface area (Å²) in [6, 6.07) is 11.4. The molecule has 4 aromatic rings. The molecule has 10 heteroatoms. The Labute approximate surface area is 178 Å². The number of nitrogens with one attached hydrogen (secondary N) is 1. The van der Waals surface area contributed by atoms with Gasteiger partial charge in [0, 0.05) is 28.5 Å². The second-order valence-corrected chi connectivity index (χ2v) is 7.63. The van der Waals surface area contributed by atoms with Crippen LogP contribution in [0, 0.1) is 0 Å². The van der Waals surface area contributed by atoms with Crippen LogP contribution in [0.25, 0.3) is 16.2 Å². The highest BCUT2D eigenvalue weighted by molar-refractivity contribution is 7.15. The number of hydrogen-bond acceptors (Lipinski definition) is 6. The average Bonchev–Trinajstić information content (AvgIpc) is 3.22. The van der Waals surface area contributed by atoms with Gasteiger partial charge in [-0.15, -0.1) is 16.4 Å². The highest BCUT2D eigenvalue weighted by atomic mass is 35.5. The van der Waals surface area contributed by atoms with Gasteiger partial charge in [-0.25, -0.2) is 4.52 Å². The molecular formula is C19H12Cl2N4O3S. The summed E-state index contributed by atoms with van der Waals surface area (Å²) in [6.07, 6.45) is 0. The number of esters is 1. The summed E-state index contributed by atoms with van der Waals surface area (Å²) >= 11 is 13.6. The lowest BCUT2D eigenvalue weighted by Crippen LogP contribution is -2.13. The molecule has 0 radical (unpaired) electrons. The number of anilines is 1. The van der Waals surface area contributed by atoms with Crippen molar-refractivity contribution in [2.24, 2.45) is 0 Å². The van der Waals surface area contributed by atoms with Crippen molar-refractivity contribution in [2.45, 2.75) is 6.92 Å². The number of nitrogens with zero attached hydrogens (tertiary/aromatic N) is 3. The standard InChI is InChI=1S/C19H12Cl2N4O3S/c1-10(26)28-13-5-2-11(3-6-13)17(27)22-18-23-19-25(24-18)16(9-29-19)14-7-4-12(20)8-15(14)21/h2-9H,1H3,(H,22,24,27). The summed E-state index contributed by atoms with van der Waals surface area (Å²) in [4.78, 5) is 28.4. The number of benzene rings is 2. The molecule has 0 saturated carbocycles. The van der Waals surface area contributed by atoms with Crippen molar-refractivity contribution in [1.82, 2.24) is 14.6 Å². The molecule has 0 bridgehead atoms. The number of fused-ring (bicyclic) bond motifs is 1. The highest BCUT2D eigenvalue weighted by Crippen LogP contribution is 2.33. The number of carbonyl (C=O) groups is 2. The molecule has 0 spiro atoms. The maximum Gasteiger partial charge on any atom is 0.308 e. The molecule has 0 atom stereocenters. The second kappa shape index (κ2) is 7.82. The first-order valence-corrected chi connectivity index (χ1v) is 9.94. The van der Waals surface area contributed by atoms with Crippen LogP contribution in [0.2, 0.25) is 10.0 Å². The summed E-state index contributed by atoms with van der Waals surface area (Å²) in [6.45, 7) is 1.31. The van der Waals surface area contributed by atoms with E-state index < -0.39 is 5.97 Å². The van der Waals surface area contributed by atoms with E-state index in [1.807, 2.05) is 5.38 Å². The number of ether oxygens (including phenoxy) is 1. The lowest BCUT2D eigenvalue weighted by atomic mass is 10.2. The number of amides is 1. The van der Waals surface area contributed by atoms with E-state index in [1.54, 1.807) is 34.8 Å². The van der Waals surface area contributed by atoms with E-state index in [0.717, 1.165) is 11.3 Å². The zero-order valence-corrected chi connectivity index (χ0v) is 17.2. The van der Waals surface area contributed by atoms with Gasteiger partial charge in [-0.2, -0.15) is 4.98 Å². The lowest BCUT2D eigenvalue weighted by molar-refractivity contribution is -0.131. The molecule has 2 heterocycles. The molecule has 1 amide bonds.